The van der Waals surface area contributed by atoms with Gasteiger partial charge in [0.15, 0.2) is 0 Å². The zero-order chi connectivity index (χ0) is 17.3. The Hall–Kier alpha value is -1.92. The lowest BCUT2D eigenvalue weighted by Gasteiger charge is -2.33. The Labute approximate surface area is 142 Å². The van der Waals surface area contributed by atoms with Gasteiger partial charge in [-0.1, -0.05) is 18.9 Å². The Balaban J connectivity index is 1.84. The molecule has 0 aromatic carbocycles. The van der Waals surface area contributed by atoms with E-state index >= 15 is 0 Å². The molecule has 6 heteroatoms. The van der Waals surface area contributed by atoms with Crippen LogP contribution in [0.5, 0.6) is 0 Å². The van der Waals surface area contributed by atoms with E-state index in [1.165, 1.54) is 0 Å². The van der Waals surface area contributed by atoms with Crippen LogP contribution in [-0.4, -0.2) is 57.7 Å². The molecule has 0 saturated heterocycles. The molecule has 0 bridgehead atoms. The van der Waals surface area contributed by atoms with E-state index in [2.05, 4.69) is 4.98 Å². The smallest absolute Gasteiger partial charge is 0.274 e. The van der Waals surface area contributed by atoms with Gasteiger partial charge in [-0.05, 0) is 31.4 Å². The molecule has 0 spiro atoms. The number of carbonyl (C=O) groups excluding carboxylic acids is 1. The number of aromatic nitrogens is 2. The number of methoxy groups -OCH3 is 1. The first kappa shape index (κ1) is 16.9. The second kappa shape index (κ2) is 6.91. The Morgan fingerprint density at radius 2 is 2.08 bits per heavy atom. The third-order valence-electron chi connectivity index (χ3n) is 4.95. The number of hydrogen-bond donors (Lipinski definition) is 1. The topological polar surface area (TPSA) is 67.1 Å². The molecular formula is C18H25N3O3. The fraction of sp³-hybridized carbons (Fsp3) is 0.556. The van der Waals surface area contributed by atoms with E-state index < -0.39 is 6.10 Å². The Kier molecular flexibility index (Phi) is 4.87. The standard InChI is InChI=1S/C18H25N3O3/c1-12-8-9-16-19-13(11-21(16)10-12)18(23)20(2)14-6-4-5-7-15(24-3)17(14)22/h8-11,14-15,17,22H,4-7H2,1-3H3/t14-,15-,17-/m1/s1. The van der Waals surface area contributed by atoms with Crippen molar-refractivity contribution in [2.24, 2.45) is 0 Å². The predicted octanol–water partition coefficient (Wildman–Crippen LogP) is 2.03. The van der Waals surface area contributed by atoms with Crippen molar-refractivity contribution in [3.05, 3.63) is 35.8 Å². The molecule has 1 saturated carbocycles. The molecule has 130 valence electrons. The predicted molar refractivity (Wildman–Crippen MR) is 91.1 cm³/mol. The summed E-state index contributed by atoms with van der Waals surface area (Å²) in [6.45, 7) is 2.00. The van der Waals surface area contributed by atoms with Gasteiger partial charge in [-0.25, -0.2) is 4.98 Å². The summed E-state index contributed by atoms with van der Waals surface area (Å²) >= 11 is 0. The summed E-state index contributed by atoms with van der Waals surface area (Å²) in [5.74, 6) is -0.169. The highest BCUT2D eigenvalue weighted by Gasteiger charge is 2.35. The molecular weight excluding hydrogens is 306 g/mol. The second-order valence-corrected chi connectivity index (χ2v) is 6.63. The van der Waals surface area contributed by atoms with E-state index in [4.69, 9.17) is 4.74 Å². The van der Waals surface area contributed by atoms with Gasteiger partial charge in [-0.3, -0.25) is 4.79 Å². The lowest BCUT2D eigenvalue weighted by Crippen LogP contribution is -2.49. The summed E-state index contributed by atoms with van der Waals surface area (Å²) in [4.78, 5) is 18.9. The van der Waals surface area contributed by atoms with Gasteiger partial charge < -0.3 is 19.1 Å². The van der Waals surface area contributed by atoms with E-state index in [9.17, 15) is 9.90 Å². The highest BCUT2D eigenvalue weighted by molar-refractivity contribution is 5.93. The van der Waals surface area contributed by atoms with E-state index in [0.717, 1.165) is 36.9 Å². The average molecular weight is 331 g/mol. The van der Waals surface area contributed by atoms with Crippen molar-refractivity contribution in [1.82, 2.24) is 14.3 Å². The molecule has 3 rings (SSSR count). The number of ether oxygens (including phenoxy) is 1. The summed E-state index contributed by atoms with van der Waals surface area (Å²) in [7, 11) is 3.35. The van der Waals surface area contributed by atoms with Gasteiger partial charge in [0.05, 0.1) is 12.1 Å². The van der Waals surface area contributed by atoms with Gasteiger partial charge in [0, 0.05) is 26.6 Å². The third-order valence-corrected chi connectivity index (χ3v) is 4.95. The molecule has 2 aromatic heterocycles. The Bertz CT molecular complexity index is 727. The van der Waals surface area contributed by atoms with Crippen LogP contribution < -0.4 is 0 Å². The highest BCUT2D eigenvalue weighted by Crippen LogP contribution is 2.25. The number of rotatable bonds is 3. The number of nitrogens with zero attached hydrogens (tertiary/aromatic N) is 3. The number of carbonyl (C=O) groups is 1. The number of pyridine rings is 1. The molecule has 1 N–H and O–H groups in total. The van der Waals surface area contributed by atoms with Crippen molar-refractivity contribution >= 4 is 11.6 Å². The summed E-state index contributed by atoms with van der Waals surface area (Å²) in [6.07, 6.45) is 6.37. The van der Waals surface area contributed by atoms with Gasteiger partial charge >= 0.3 is 0 Å². The van der Waals surface area contributed by atoms with Crippen molar-refractivity contribution in [2.45, 2.75) is 50.9 Å². The number of aryl methyl sites for hydroxylation is 1. The van der Waals surface area contributed by atoms with Gasteiger partial charge in [0.2, 0.25) is 0 Å². The van der Waals surface area contributed by atoms with Gasteiger partial charge in [-0.2, -0.15) is 0 Å². The minimum Gasteiger partial charge on any atom is -0.388 e. The van der Waals surface area contributed by atoms with Gasteiger partial charge in [-0.15, -0.1) is 0 Å². The zero-order valence-corrected chi connectivity index (χ0v) is 14.5. The minimum absolute atomic E-state index is 0.169. The normalized spacial score (nSPS) is 24.8. The van der Waals surface area contributed by atoms with Gasteiger partial charge in [0.1, 0.15) is 17.4 Å². The quantitative estimate of drug-likeness (QED) is 0.874. The Morgan fingerprint density at radius 3 is 2.83 bits per heavy atom. The van der Waals surface area contributed by atoms with Crippen LogP contribution >= 0.6 is 0 Å². The largest absolute Gasteiger partial charge is 0.388 e. The third kappa shape index (κ3) is 3.16. The van der Waals surface area contributed by atoms with Crippen molar-refractivity contribution < 1.29 is 14.6 Å². The molecule has 0 aliphatic heterocycles. The van der Waals surface area contributed by atoms with E-state index in [1.807, 2.05) is 29.7 Å². The molecule has 3 atom stereocenters. The van der Waals surface area contributed by atoms with Crippen LogP contribution in [0.1, 0.15) is 41.7 Å². The van der Waals surface area contributed by atoms with E-state index in [0.29, 0.717) is 5.69 Å². The number of aliphatic hydroxyl groups is 1. The maximum atomic E-state index is 12.8. The van der Waals surface area contributed by atoms with Crippen LogP contribution in [0, 0.1) is 6.92 Å². The first-order valence-corrected chi connectivity index (χ1v) is 8.44. The molecule has 1 aliphatic rings. The molecule has 24 heavy (non-hydrogen) atoms. The Morgan fingerprint density at radius 1 is 1.33 bits per heavy atom. The number of imidazole rings is 1. The minimum atomic E-state index is -0.675. The fourth-order valence-corrected chi connectivity index (χ4v) is 3.51. The van der Waals surface area contributed by atoms with Crippen LogP contribution in [0.15, 0.2) is 24.5 Å². The summed E-state index contributed by atoms with van der Waals surface area (Å²) in [6, 6.07) is 3.61. The average Bonchev–Trinajstić information content (AvgIpc) is 2.90. The van der Waals surface area contributed by atoms with Gasteiger partial charge in [0.25, 0.3) is 5.91 Å². The molecule has 6 nitrogen and oxygen atoms in total. The maximum Gasteiger partial charge on any atom is 0.274 e. The van der Waals surface area contributed by atoms with Crippen molar-refractivity contribution in [3.8, 4) is 0 Å². The monoisotopic (exact) mass is 331 g/mol. The first-order valence-electron chi connectivity index (χ1n) is 8.44. The summed E-state index contributed by atoms with van der Waals surface area (Å²) in [5.41, 5.74) is 2.25. The maximum absolute atomic E-state index is 12.8. The van der Waals surface area contributed by atoms with Crippen molar-refractivity contribution in [2.75, 3.05) is 14.2 Å². The molecule has 1 fully saturated rings. The molecule has 0 unspecified atom stereocenters. The fourth-order valence-electron chi connectivity index (χ4n) is 3.51. The number of likely N-dealkylation sites (N-methyl/N-ethyl adjacent to an activating group) is 1. The lowest BCUT2D eigenvalue weighted by atomic mass is 10.0. The van der Waals surface area contributed by atoms with Crippen LogP contribution in [0.2, 0.25) is 0 Å². The number of hydrogen-bond acceptors (Lipinski definition) is 4. The highest BCUT2D eigenvalue weighted by atomic mass is 16.5. The van der Waals surface area contributed by atoms with Crippen LogP contribution in [0.4, 0.5) is 0 Å². The summed E-state index contributed by atoms with van der Waals surface area (Å²) < 4.78 is 7.26. The molecule has 1 amide bonds. The SMILES string of the molecule is CO[C@@H]1CCCC[C@@H](N(C)C(=O)c2cn3cc(C)ccc3n2)[C@H]1O. The second-order valence-electron chi connectivity index (χ2n) is 6.63. The molecule has 2 heterocycles. The molecule has 2 aromatic rings. The molecule has 1 aliphatic carbocycles. The van der Waals surface area contributed by atoms with Crippen molar-refractivity contribution in [1.29, 1.82) is 0 Å². The van der Waals surface area contributed by atoms with E-state index in [1.54, 1.807) is 25.3 Å². The number of aliphatic hydroxyl groups excluding tert-OH is 1. The molecule has 0 radical (unpaired) electrons. The number of fused-ring (bicyclic) bond motifs is 1. The first-order chi connectivity index (χ1) is 11.5. The number of amides is 1. The van der Waals surface area contributed by atoms with Crippen molar-refractivity contribution in [3.63, 3.8) is 0 Å². The van der Waals surface area contributed by atoms with E-state index in [-0.39, 0.29) is 18.1 Å². The van der Waals surface area contributed by atoms with Crippen LogP contribution in [-0.2, 0) is 4.74 Å². The summed E-state index contributed by atoms with van der Waals surface area (Å²) in [5, 5.41) is 10.6. The van der Waals surface area contributed by atoms with Crippen LogP contribution in [0.3, 0.4) is 0 Å². The zero-order valence-electron chi connectivity index (χ0n) is 14.5. The lowest BCUT2D eigenvalue weighted by molar-refractivity contribution is -0.0463. The van der Waals surface area contributed by atoms with Crippen LogP contribution in [0.25, 0.3) is 5.65 Å².